The Bertz CT molecular complexity index is 758. The number of rotatable bonds is 3. The maximum absolute atomic E-state index is 12.8. The first-order chi connectivity index (χ1) is 13.5. The van der Waals surface area contributed by atoms with Gasteiger partial charge in [-0.1, -0.05) is 30.3 Å². The summed E-state index contributed by atoms with van der Waals surface area (Å²) in [6, 6.07) is 10.0. The fourth-order valence-corrected chi connectivity index (χ4v) is 4.49. The average molecular weight is 385 g/mol. The molecule has 0 aromatic heterocycles. The molecule has 3 aliphatic rings. The van der Waals surface area contributed by atoms with E-state index < -0.39 is 0 Å². The van der Waals surface area contributed by atoms with Crippen molar-refractivity contribution in [3.63, 3.8) is 0 Å². The zero-order valence-corrected chi connectivity index (χ0v) is 16.3. The van der Waals surface area contributed by atoms with Crippen LogP contribution in [-0.2, 0) is 19.1 Å². The largest absolute Gasteiger partial charge is 0.363 e. The minimum atomic E-state index is -0.332. The molecule has 28 heavy (non-hydrogen) atoms. The molecule has 0 bridgehead atoms. The third-order valence-electron chi connectivity index (χ3n) is 6.29. The molecule has 1 aromatic rings. The van der Waals surface area contributed by atoms with Gasteiger partial charge in [0.1, 0.15) is 6.61 Å². The second-order valence-electron chi connectivity index (χ2n) is 8.19. The van der Waals surface area contributed by atoms with Gasteiger partial charge < -0.3 is 19.4 Å². The Labute approximate surface area is 165 Å². The number of amides is 3. The molecule has 7 nitrogen and oxygen atoms in total. The predicted molar refractivity (Wildman–Crippen MR) is 103 cm³/mol. The third-order valence-corrected chi connectivity index (χ3v) is 6.29. The van der Waals surface area contributed by atoms with Gasteiger partial charge in [0.15, 0.2) is 0 Å². The van der Waals surface area contributed by atoms with Crippen molar-refractivity contribution in [2.24, 2.45) is 0 Å². The lowest BCUT2D eigenvalue weighted by atomic mass is 9.89. The highest BCUT2D eigenvalue weighted by molar-refractivity contribution is 5.86. The second-order valence-corrected chi connectivity index (χ2v) is 8.19. The van der Waals surface area contributed by atoms with E-state index in [0.29, 0.717) is 32.6 Å². The number of nitrogens with zero attached hydrogens (tertiary/aromatic N) is 3. The van der Waals surface area contributed by atoms with Crippen molar-refractivity contribution in [3.05, 3.63) is 35.9 Å². The molecule has 3 fully saturated rings. The van der Waals surface area contributed by atoms with Crippen LogP contribution in [0.15, 0.2) is 30.3 Å². The van der Waals surface area contributed by atoms with Gasteiger partial charge in [-0.3, -0.25) is 14.4 Å². The Morgan fingerprint density at radius 3 is 2.54 bits per heavy atom. The topological polar surface area (TPSA) is 70.2 Å². The van der Waals surface area contributed by atoms with Crippen LogP contribution in [0.25, 0.3) is 0 Å². The molecule has 7 heteroatoms. The Morgan fingerprint density at radius 2 is 1.86 bits per heavy atom. The number of carbonyl (C=O) groups excluding carboxylic acids is 3. The first-order valence-electron chi connectivity index (χ1n) is 9.94. The molecule has 1 unspecified atom stereocenters. The fourth-order valence-electron chi connectivity index (χ4n) is 4.49. The Kier molecular flexibility index (Phi) is 5.10. The van der Waals surface area contributed by atoms with E-state index in [2.05, 4.69) is 0 Å². The first kappa shape index (κ1) is 18.9. The van der Waals surface area contributed by atoms with E-state index in [0.717, 1.165) is 18.4 Å². The van der Waals surface area contributed by atoms with Crippen molar-refractivity contribution in [3.8, 4) is 0 Å². The minimum Gasteiger partial charge on any atom is -0.363 e. The van der Waals surface area contributed by atoms with Gasteiger partial charge in [0.05, 0.1) is 12.1 Å². The number of likely N-dealkylation sites (N-methyl/N-ethyl adjacent to an activating group) is 1. The molecule has 0 saturated carbocycles. The molecule has 150 valence electrons. The van der Waals surface area contributed by atoms with E-state index in [1.807, 2.05) is 35.2 Å². The van der Waals surface area contributed by atoms with Gasteiger partial charge in [-0.25, -0.2) is 0 Å². The fraction of sp³-hybridized carbons (Fsp3) is 0.571. The van der Waals surface area contributed by atoms with Crippen LogP contribution in [-0.4, -0.2) is 84.4 Å². The molecule has 1 atom stereocenters. The SMILES string of the molecule is CN1CC2(CCN(C(=O)CN3CC(c4ccccc4)CC3=O)CC2)OCC1=O. The monoisotopic (exact) mass is 385 g/mol. The Balaban J connectivity index is 1.30. The van der Waals surface area contributed by atoms with E-state index >= 15 is 0 Å². The van der Waals surface area contributed by atoms with E-state index in [1.165, 1.54) is 0 Å². The highest BCUT2D eigenvalue weighted by atomic mass is 16.5. The molecule has 4 rings (SSSR count). The van der Waals surface area contributed by atoms with Crippen LogP contribution in [0.5, 0.6) is 0 Å². The lowest BCUT2D eigenvalue weighted by molar-refractivity contribution is -0.171. The lowest BCUT2D eigenvalue weighted by Gasteiger charge is -2.46. The van der Waals surface area contributed by atoms with Crippen LogP contribution in [0.1, 0.15) is 30.7 Å². The van der Waals surface area contributed by atoms with E-state index in [-0.39, 0.29) is 42.4 Å². The zero-order valence-electron chi connectivity index (χ0n) is 16.3. The number of hydrogen-bond acceptors (Lipinski definition) is 4. The number of benzene rings is 1. The summed E-state index contributed by atoms with van der Waals surface area (Å²) in [5.74, 6) is 0.211. The standard InChI is InChI=1S/C21H27N3O4/c1-22-15-21(28-14-20(22)27)7-9-23(10-8-21)19(26)13-24-12-17(11-18(24)25)16-5-3-2-4-6-16/h2-6,17H,7-15H2,1H3. The van der Waals surface area contributed by atoms with Crippen LogP contribution >= 0.6 is 0 Å². The molecule has 3 heterocycles. The average Bonchev–Trinajstić information content (AvgIpc) is 3.07. The maximum Gasteiger partial charge on any atom is 0.248 e. The molecule has 1 spiro atoms. The molecule has 3 amide bonds. The number of hydrogen-bond donors (Lipinski definition) is 0. The Morgan fingerprint density at radius 1 is 1.14 bits per heavy atom. The lowest BCUT2D eigenvalue weighted by Crippen LogP contribution is -2.58. The van der Waals surface area contributed by atoms with Gasteiger partial charge in [0.25, 0.3) is 0 Å². The van der Waals surface area contributed by atoms with Crippen LogP contribution < -0.4 is 0 Å². The summed E-state index contributed by atoms with van der Waals surface area (Å²) in [5, 5.41) is 0. The normalized spacial score (nSPS) is 24.9. The smallest absolute Gasteiger partial charge is 0.248 e. The summed E-state index contributed by atoms with van der Waals surface area (Å²) in [7, 11) is 1.80. The van der Waals surface area contributed by atoms with Crippen LogP contribution in [0.3, 0.4) is 0 Å². The molecule has 0 N–H and O–H groups in total. The summed E-state index contributed by atoms with van der Waals surface area (Å²) in [6.45, 7) is 2.65. The van der Waals surface area contributed by atoms with Gasteiger partial charge >= 0.3 is 0 Å². The van der Waals surface area contributed by atoms with Crippen molar-refractivity contribution in [2.45, 2.75) is 30.8 Å². The van der Waals surface area contributed by atoms with Crippen molar-refractivity contribution >= 4 is 17.7 Å². The van der Waals surface area contributed by atoms with Crippen LogP contribution in [0.4, 0.5) is 0 Å². The maximum atomic E-state index is 12.8. The number of piperidine rings is 1. The number of ether oxygens (including phenoxy) is 1. The van der Waals surface area contributed by atoms with Gasteiger partial charge in [0.2, 0.25) is 17.7 Å². The molecule has 1 aromatic carbocycles. The van der Waals surface area contributed by atoms with Crippen molar-refractivity contribution in [2.75, 3.05) is 46.4 Å². The van der Waals surface area contributed by atoms with Crippen LogP contribution in [0, 0.1) is 0 Å². The Hall–Kier alpha value is -2.41. The second kappa shape index (κ2) is 7.54. The number of carbonyl (C=O) groups is 3. The minimum absolute atomic E-state index is 0.00264. The molecule has 3 saturated heterocycles. The highest BCUT2D eigenvalue weighted by Gasteiger charge is 2.42. The summed E-state index contributed by atoms with van der Waals surface area (Å²) < 4.78 is 5.84. The van der Waals surface area contributed by atoms with E-state index in [4.69, 9.17) is 4.74 Å². The van der Waals surface area contributed by atoms with Crippen molar-refractivity contribution in [1.29, 1.82) is 0 Å². The zero-order chi connectivity index (χ0) is 19.7. The van der Waals surface area contributed by atoms with E-state index in [1.54, 1.807) is 16.8 Å². The molecule has 3 aliphatic heterocycles. The van der Waals surface area contributed by atoms with Gasteiger partial charge in [-0.05, 0) is 18.4 Å². The summed E-state index contributed by atoms with van der Waals surface area (Å²) >= 11 is 0. The summed E-state index contributed by atoms with van der Waals surface area (Å²) in [5.41, 5.74) is 0.820. The quantitative estimate of drug-likeness (QED) is 0.774. The molecular formula is C21H27N3O4. The summed E-state index contributed by atoms with van der Waals surface area (Å²) in [6.07, 6.45) is 1.91. The van der Waals surface area contributed by atoms with Crippen molar-refractivity contribution < 1.29 is 19.1 Å². The molecular weight excluding hydrogens is 358 g/mol. The van der Waals surface area contributed by atoms with Crippen LogP contribution in [0.2, 0.25) is 0 Å². The number of morpholine rings is 1. The third kappa shape index (κ3) is 3.76. The number of likely N-dealkylation sites (tertiary alicyclic amines) is 2. The van der Waals surface area contributed by atoms with Gasteiger partial charge in [-0.2, -0.15) is 0 Å². The summed E-state index contributed by atoms with van der Waals surface area (Å²) in [4.78, 5) is 42.0. The van der Waals surface area contributed by atoms with Gasteiger partial charge in [0, 0.05) is 45.6 Å². The first-order valence-corrected chi connectivity index (χ1v) is 9.94. The molecule has 0 aliphatic carbocycles. The van der Waals surface area contributed by atoms with Gasteiger partial charge in [-0.15, -0.1) is 0 Å². The molecule has 0 radical (unpaired) electrons. The van der Waals surface area contributed by atoms with Crippen molar-refractivity contribution in [1.82, 2.24) is 14.7 Å². The van der Waals surface area contributed by atoms with E-state index in [9.17, 15) is 14.4 Å². The highest BCUT2D eigenvalue weighted by Crippen LogP contribution is 2.31. The predicted octanol–water partition coefficient (Wildman–Crippen LogP) is 0.852.